The zero-order valence-corrected chi connectivity index (χ0v) is 11.9. The Morgan fingerprint density at radius 2 is 1.84 bits per heavy atom. The molecule has 0 saturated carbocycles. The monoisotopic (exact) mass is 264 g/mol. The second-order valence-corrected chi connectivity index (χ2v) is 4.76. The molecule has 0 saturated heterocycles. The normalized spacial score (nSPS) is 13.8. The minimum Gasteiger partial charge on any atom is -0.464 e. The van der Waals surface area contributed by atoms with Gasteiger partial charge in [-0.3, -0.25) is 0 Å². The lowest BCUT2D eigenvalue weighted by atomic mass is 9.88. The lowest BCUT2D eigenvalue weighted by Crippen LogP contribution is -2.37. The molecule has 0 aliphatic carbocycles. The van der Waals surface area contributed by atoms with Gasteiger partial charge in [0.1, 0.15) is 0 Å². The number of hydrogen-bond donors (Lipinski definition) is 1. The van der Waals surface area contributed by atoms with Crippen LogP contribution >= 0.6 is 0 Å². The van der Waals surface area contributed by atoms with E-state index in [2.05, 4.69) is 6.92 Å². The number of hydrogen-bond acceptors (Lipinski definition) is 3. The van der Waals surface area contributed by atoms with Crippen LogP contribution < -0.4 is 0 Å². The van der Waals surface area contributed by atoms with Crippen molar-refractivity contribution in [1.29, 1.82) is 0 Å². The Hall–Kier alpha value is -1.35. The maximum absolute atomic E-state index is 12.1. The van der Waals surface area contributed by atoms with Gasteiger partial charge in [0, 0.05) is 0 Å². The second-order valence-electron chi connectivity index (χ2n) is 4.76. The van der Waals surface area contributed by atoms with Crippen LogP contribution in [0.25, 0.3) is 0 Å². The Bertz CT molecular complexity index is 375. The molecule has 106 valence electrons. The summed E-state index contributed by atoms with van der Waals surface area (Å²) in [6.07, 6.45) is 4.50. The molecule has 1 unspecified atom stereocenters. The molecule has 0 aromatic heterocycles. The van der Waals surface area contributed by atoms with Crippen molar-refractivity contribution in [2.24, 2.45) is 0 Å². The molecule has 1 rings (SSSR count). The van der Waals surface area contributed by atoms with E-state index in [-0.39, 0.29) is 6.61 Å². The Labute approximate surface area is 115 Å². The summed E-state index contributed by atoms with van der Waals surface area (Å²) in [5, 5.41) is 10.7. The van der Waals surface area contributed by atoms with Crippen molar-refractivity contribution >= 4 is 5.97 Å². The predicted octanol–water partition coefficient (Wildman–Crippen LogP) is 3.41. The molecular formula is C16H24O3. The fourth-order valence-corrected chi connectivity index (χ4v) is 2.14. The van der Waals surface area contributed by atoms with Crippen molar-refractivity contribution < 1.29 is 14.6 Å². The quantitative estimate of drug-likeness (QED) is 0.578. The van der Waals surface area contributed by atoms with Gasteiger partial charge in [0.25, 0.3) is 0 Å². The lowest BCUT2D eigenvalue weighted by molar-refractivity contribution is -0.167. The highest BCUT2D eigenvalue weighted by molar-refractivity contribution is 5.81. The predicted molar refractivity (Wildman–Crippen MR) is 75.7 cm³/mol. The van der Waals surface area contributed by atoms with Gasteiger partial charge in [-0.1, -0.05) is 56.5 Å². The molecule has 0 spiro atoms. The highest BCUT2D eigenvalue weighted by Gasteiger charge is 2.38. The zero-order chi connectivity index (χ0) is 14.1. The Morgan fingerprint density at radius 3 is 2.42 bits per heavy atom. The largest absolute Gasteiger partial charge is 0.464 e. The van der Waals surface area contributed by atoms with Crippen LogP contribution in [-0.2, 0) is 15.1 Å². The van der Waals surface area contributed by atoms with Gasteiger partial charge in [-0.05, 0) is 25.3 Å². The molecule has 19 heavy (non-hydrogen) atoms. The van der Waals surface area contributed by atoms with E-state index in [9.17, 15) is 9.90 Å². The van der Waals surface area contributed by atoms with Crippen molar-refractivity contribution in [2.45, 2.75) is 51.6 Å². The molecule has 3 nitrogen and oxygen atoms in total. The van der Waals surface area contributed by atoms with Crippen molar-refractivity contribution in [2.75, 3.05) is 6.61 Å². The Kier molecular flexibility index (Phi) is 6.57. The first-order valence-corrected chi connectivity index (χ1v) is 7.10. The summed E-state index contributed by atoms with van der Waals surface area (Å²) in [5.74, 6) is -0.544. The highest BCUT2D eigenvalue weighted by Crippen LogP contribution is 2.29. The number of rotatable bonds is 8. The lowest BCUT2D eigenvalue weighted by Gasteiger charge is -2.26. The Balaban J connectivity index is 2.81. The SMILES string of the molecule is CCCCCCC(O)(C(=O)OCC)c1ccccc1. The summed E-state index contributed by atoms with van der Waals surface area (Å²) in [5.41, 5.74) is -0.893. The third kappa shape index (κ3) is 4.35. The average molecular weight is 264 g/mol. The standard InChI is InChI=1S/C16H24O3/c1-3-5-6-10-13-16(18,15(17)19-4-2)14-11-8-7-9-12-14/h7-9,11-12,18H,3-6,10,13H2,1-2H3. The molecule has 0 radical (unpaired) electrons. The molecule has 1 aromatic carbocycles. The maximum atomic E-state index is 12.1. The van der Waals surface area contributed by atoms with E-state index < -0.39 is 11.6 Å². The number of carbonyl (C=O) groups is 1. The summed E-state index contributed by atoms with van der Waals surface area (Å²) >= 11 is 0. The smallest absolute Gasteiger partial charge is 0.342 e. The van der Waals surface area contributed by atoms with Crippen LogP contribution in [0.3, 0.4) is 0 Å². The third-order valence-electron chi connectivity index (χ3n) is 3.26. The molecular weight excluding hydrogens is 240 g/mol. The van der Waals surface area contributed by atoms with Crippen molar-refractivity contribution in [3.63, 3.8) is 0 Å². The number of unbranched alkanes of at least 4 members (excludes halogenated alkanes) is 3. The molecule has 0 amide bonds. The summed E-state index contributed by atoms with van der Waals surface area (Å²) in [7, 11) is 0. The van der Waals surface area contributed by atoms with Gasteiger partial charge in [-0.25, -0.2) is 4.79 Å². The van der Waals surface area contributed by atoms with Gasteiger partial charge in [0.15, 0.2) is 5.60 Å². The molecule has 0 aliphatic heterocycles. The van der Waals surface area contributed by atoms with E-state index in [1.165, 1.54) is 0 Å². The van der Waals surface area contributed by atoms with Crippen LogP contribution in [0.4, 0.5) is 0 Å². The first kappa shape index (κ1) is 15.7. The van der Waals surface area contributed by atoms with Gasteiger partial charge in [0.2, 0.25) is 0 Å². The third-order valence-corrected chi connectivity index (χ3v) is 3.26. The molecule has 1 atom stereocenters. The summed E-state index contributed by atoms with van der Waals surface area (Å²) in [6, 6.07) is 9.07. The maximum Gasteiger partial charge on any atom is 0.342 e. The molecule has 3 heteroatoms. The highest BCUT2D eigenvalue weighted by atomic mass is 16.5. The minimum atomic E-state index is -1.51. The summed E-state index contributed by atoms with van der Waals surface area (Å²) in [6.45, 7) is 4.16. The molecule has 1 N–H and O–H groups in total. The average Bonchev–Trinajstić information content (AvgIpc) is 2.44. The molecule has 1 aromatic rings. The van der Waals surface area contributed by atoms with Crippen molar-refractivity contribution in [3.05, 3.63) is 35.9 Å². The first-order valence-electron chi connectivity index (χ1n) is 7.10. The molecule has 0 fully saturated rings. The van der Waals surface area contributed by atoms with Crippen LogP contribution in [0.15, 0.2) is 30.3 Å². The molecule has 0 aliphatic rings. The fourth-order valence-electron chi connectivity index (χ4n) is 2.14. The van der Waals surface area contributed by atoms with Crippen molar-refractivity contribution in [3.8, 4) is 0 Å². The second kappa shape index (κ2) is 7.95. The van der Waals surface area contributed by atoms with E-state index in [0.29, 0.717) is 12.0 Å². The number of esters is 1. The van der Waals surface area contributed by atoms with Crippen LogP contribution in [-0.4, -0.2) is 17.7 Å². The molecule has 0 heterocycles. The van der Waals surface area contributed by atoms with Crippen LogP contribution in [0.5, 0.6) is 0 Å². The summed E-state index contributed by atoms with van der Waals surface area (Å²) < 4.78 is 5.03. The van der Waals surface area contributed by atoms with Gasteiger partial charge < -0.3 is 9.84 Å². The van der Waals surface area contributed by atoms with E-state index in [1.807, 2.05) is 18.2 Å². The van der Waals surface area contributed by atoms with E-state index in [4.69, 9.17) is 4.74 Å². The van der Waals surface area contributed by atoms with E-state index >= 15 is 0 Å². The number of ether oxygens (including phenoxy) is 1. The van der Waals surface area contributed by atoms with Gasteiger partial charge in [-0.2, -0.15) is 0 Å². The van der Waals surface area contributed by atoms with Crippen molar-refractivity contribution in [1.82, 2.24) is 0 Å². The van der Waals surface area contributed by atoms with E-state index in [1.54, 1.807) is 19.1 Å². The van der Waals surface area contributed by atoms with Gasteiger partial charge >= 0.3 is 5.97 Å². The zero-order valence-electron chi connectivity index (χ0n) is 11.9. The van der Waals surface area contributed by atoms with Gasteiger partial charge in [-0.15, -0.1) is 0 Å². The summed E-state index contributed by atoms with van der Waals surface area (Å²) in [4.78, 5) is 12.1. The number of carbonyl (C=O) groups excluding carboxylic acids is 1. The fraction of sp³-hybridized carbons (Fsp3) is 0.562. The first-order chi connectivity index (χ1) is 9.15. The molecule has 0 bridgehead atoms. The van der Waals surface area contributed by atoms with Crippen LogP contribution in [0.2, 0.25) is 0 Å². The minimum absolute atomic E-state index is 0.281. The van der Waals surface area contributed by atoms with Gasteiger partial charge in [0.05, 0.1) is 6.61 Å². The number of benzene rings is 1. The topological polar surface area (TPSA) is 46.5 Å². The Morgan fingerprint density at radius 1 is 1.16 bits per heavy atom. The van der Waals surface area contributed by atoms with Crippen LogP contribution in [0.1, 0.15) is 51.5 Å². The van der Waals surface area contributed by atoms with E-state index in [0.717, 1.165) is 25.7 Å². The number of aliphatic hydroxyl groups is 1. The van der Waals surface area contributed by atoms with Crippen LogP contribution in [0, 0.1) is 0 Å².